The first-order valence-electron chi connectivity index (χ1n) is 5.19. The number of nitrogens with one attached hydrogen (secondary N) is 1. The molecule has 1 heterocycles. The van der Waals surface area contributed by atoms with Crippen LogP contribution in [0.15, 0.2) is 36.4 Å². The molecular weight excluding hydrogens is 268 g/mol. The molecule has 0 aliphatic carbocycles. The molecule has 2 rings (SSSR count). The molecule has 5 heteroatoms. The van der Waals surface area contributed by atoms with E-state index in [2.05, 4.69) is 11.4 Å². The number of nitriles is 1. The van der Waals surface area contributed by atoms with Crippen molar-refractivity contribution in [3.8, 4) is 16.5 Å². The summed E-state index contributed by atoms with van der Waals surface area (Å²) in [6.07, 6.45) is 0. The summed E-state index contributed by atoms with van der Waals surface area (Å²) in [5.74, 6) is -0.432. The summed E-state index contributed by atoms with van der Waals surface area (Å²) >= 11 is 6.80. The number of hydrogen-bond donors (Lipinski definition) is 1. The third kappa shape index (κ3) is 2.70. The van der Waals surface area contributed by atoms with Gasteiger partial charge in [0.05, 0.1) is 5.56 Å². The molecule has 0 saturated heterocycles. The Hall–Kier alpha value is -1.83. The van der Waals surface area contributed by atoms with Crippen LogP contribution in [-0.2, 0) is 4.79 Å². The molecule has 1 aromatic carbocycles. The Bertz CT molecular complexity index is 601. The predicted octanol–water partition coefficient (Wildman–Crippen LogP) is 3.46. The van der Waals surface area contributed by atoms with Crippen LogP contribution in [0, 0.1) is 11.3 Å². The van der Waals surface area contributed by atoms with Crippen LogP contribution in [-0.4, -0.2) is 11.8 Å². The van der Waals surface area contributed by atoms with Crippen molar-refractivity contribution in [2.75, 3.05) is 11.2 Å². The first-order valence-corrected chi connectivity index (χ1v) is 6.55. The predicted molar refractivity (Wildman–Crippen MR) is 73.8 cm³/mol. The van der Waals surface area contributed by atoms with Crippen LogP contribution in [0.4, 0.5) is 5.00 Å². The van der Waals surface area contributed by atoms with Crippen LogP contribution in [0.1, 0.15) is 5.56 Å². The van der Waals surface area contributed by atoms with Crippen LogP contribution < -0.4 is 5.32 Å². The number of alkyl halides is 1. The third-order valence-electron chi connectivity index (χ3n) is 2.29. The van der Waals surface area contributed by atoms with Gasteiger partial charge in [0.2, 0.25) is 5.91 Å². The number of nitrogens with zero attached hydrogens (tertiary/aromatic N) is 1. The van der Waals surface area contributed by atoms with E-state index < -0.39 is 0 Å². The number of amides is 1. The van der Waals surface area contributed by atoms with Gasteiger partial charge in [0.25, 0.3) is 0 Å². The summed E-state index contributed by atoms with van der Waals surface area (Å²) in [5.41, 5.74) is 1.47. The molecule has 0 aliphatic heterocycles. The minimum Gasteiger partial charge on any atom is -0.316 e. The zero-order valence-electron chi connectivity index (χ0n) is 9.31. The fourth-order valence-corrected chi connectivity index (χ4v) is 2.57. The van der Waals surface area contributed by atoms with E-state index in [4.69, 9.17) is 16.9 Å². The zero-order valence-corrected chi connectivity index (χ0v) is 10.9. The van der Waals surface area contributed by atoms with Gasteiger partial charge in [-0.25, -0.2) is 0 Å². The summed E-state index contributed by atoms with van der Waals surface area (Å²) in [4.78, 5) is 12.2. The van der Waals surface area contributed by atoms with Gasteiger partial charge >= 0.3 is 0 Å². The second kappa shape index (κ2) is 5.67. The van der Waals surface area contributed by atoms with Gasteiger partial charge in [-0.3, -0.25) is 4.79 Å². The van der Waals surface area contributed by atoms with Crippen LogP contribution in [0.3, 0.4) is 0 Å². The molecule has 0 unspecified atom stereocenters. The lowest BCUT2D eigenvalue weighted by molar-refractivity contribution is -0.113. The number of carbonyl (C=O) groups excluding carboxylic acids is 1. The molecule has 0 spiro atoms. The summed E-state index contributed by atoms with van der Waals surface area (Å²) in [6, 6.07) is 13.5. The normalized spacial score (nSPS) is 9.78. The topological polar surface area (TPSA) is 52.9 Å². The maximum absolute atomic E-state index is 11.2. The third-order valence-corrected chi connectivity index (χ3v) is 3.63. The number of thiophene rings is 1. The van der Waals surface area contributed by atoms with Crippen molar-refractivity contribution >= 4 is 33.8 Å². The lowest BCUT2D eigenvalue weighted by Crippen LogP contribution is -2.12. The SMILES string of the molecule is N#Cc1cc(-c2ccccc2)sc1NC(=O)CCl. The van der Waals surface area contributed by atoms with Gasteiger partial charge in [0, 0.05) is 4.88 Å². The summed E-state index contributed by atoms with van der Waals surface area (Å²) in [5, 5.41) is 12.2. The highest BCUT2D eigenvalue weighted by Gasteiger charge is 2.12. The first kappa shape index (κ1) is 12.6. The van der Waals surface area contributed by atoms with E-state index in [1.165, 1.54) is 11.3 Å². The molecule has 1 aromatic heterocycles. The largest absolute Gasteiger partial charge is 0.316 e. The number of halogens is 1. The molecule has 90 valence electrons. The molecule has 0 saturated carbocycles. The average Bonchev–Trinajstić information content (AvgIpc) is 2.82. The highest BCUT2D eigenvalue weighted by Crippen LogP contribution is 2.34. The van der Waals surface area contributed by atoms with Crippen LogP contribution >= 0.6 is 22.9 Å². The van der Waals surface area contributed by atoms with E-state index >= 15 is 0 Å². The van der Waals surface area contributed by atoms with E-state index in [1.54, 1.807) is 6.07 Å². The Morgan fingerprint density at radius 1 is 1.39 bits per heavy atom. The van der Waals surface area contributed by atoms with Crippen molar-refractivity contribution in [3.05, 3.63) is 42.0 Å². The van der Waals surface area contributed by atoms with E-state index in [-0.39, 0.29) is 11.8 Å². The maximum atomic E-state index is 11.2. The van der Waals surface area contributed by atoms with Gasteiger partial charge in [0.15, 0.2) is 0 Å². The molecule has 0 atom stereocenters. The molecular formula is C13H9ClN2OS. The first-order chi connectivity index (χ1) is 8.74. The van der Waals surface area contributed by atoms with Crippen molar-refractivity contribution in [3.63, 3.8) is 0 Å². The lowest BCUT2D eigenvalue weighted by Gasteiger charge is -1.98. The van der Waals surface area contributed by atoms with E-state index in [1.807, 2.05) is 30.3 Å². The fraction of sp³-hybridized carbons (Fsp3) is 0.0769. The summed E-state index contributed by atoms with van der Waals surface area (Å²) in [6.45, 7) is 0. The van der Waals surface area contributed by atoms with E-state index in [0.717, 1.165) is 10.4 Å². The molecule has 1 amide bonds. The standard InChI is InChI=1S/C13H9ClN2OS/c14-7-12(17)16-13-10(8-15)6-11(18-13)9-4-2-1-3-5-9/h1-6H,7H2,(H,16,17). The van der Waals surface area contributed by atoms with Crippen molar-refractivity contribution in [2.24, 2.45) is 0 Å². The monoisotopic (exact) mass is 276 g/mol. The Balaban J connectivity index is 2.36. The van der Waals surface area contributed by atoms with Crippen molar-refractivity contribution < 1.29 is 4.79 Å². The van der Waals surface area contributed by atoms with Crippen molar-refractivity contribution in [1.29, 1.82) is 5.26 Å². The molecule has 2 aromatic rings. The molecule has 0 aliphatic rings. The maximum Gasteiger partial charge on any atom is 0.239 e. The van der Waals surface area contributed by atoms with Gasteiger partial charge in [-0.05, 0) is 11.6 Å². The van der Waals surface area contributed by atoms with Gasteiger partial charge in [-0.1, -0.05) is 30.3 Å². The summed E-state index contributed by atoms with van der Waals surface area (Å²) in [7, 11) is 0. The van der Waals surface area contributed by atoms with Crippen LogP contribution in [0.25, 0.3) is 10.4 Å². The Kier molecular flexibility index (Phi) is 3.98. The Morgan fingerprint density at radius 2 is 2.11 bits per heavy atom. The lowest BCUT2D eigenvalue weighted by atomic mass is 10.2. The number of anilines is 1. The van der Waals surface area contributed by atoms with Gasteiger partial charge in [0.1, 0.15) is 17.0 Å². The fourth-order valence-electron chi connectivity index (χ4n) is 1.47. The second-order valence-corrected chi connectivity index (χ2v) is 4.83. The van der Waals surface area contributed by atoms with Crippen LogP contribution in [0.5, 0.6) is 0 Å². The van der Waals surface area contributed by atoms with Crippen molar-refractivity contribution in [1.82, 2.24) is 0 Å². The number of hydrogen-bond acceptors (Lipinski definition) is 3. The minimum absolute atomic E-state index is 0.122. The van der Waals surface area contributed by atoms with E-state index in [9.17, 15) is 4.79 Å². The van der Waals surface area contributed by atoms with Crippen LogP contribution in [0.2, 0.25) is 0 Å². The molecule has 0 fully saturated rings. The Labute approximate surface area is 114 Å². The average molecular weight is 277 g/mol. The van der Waals surface area contributed by atoms with Gasteiger partial charge in [-0.15, -0.1) is 22.9 Å². The smallest absolute Gasteiger partial charge is 0.239 e. The molecule has 3 nitrogen and oxygen atoms in total. The highest BCUT2D eigenvalue weighted by molar-refractivity contribution is 7.19. The van der Waals surface area contributed by atoms with Gasteiger partial charge < -0.3 is 5.32 Å². The molecule has 1 N–H and O–H groups in total. The number of benzene rings is 1. The van der Waals surface area contributed by atoms with Crippen molar-refractivity contribution in [2.45, 2.75) is 0 Å². The molecule has 18 heavy (non-hydrogen) atoms. The molecule has 0 bridgehead atoms. The second-order valence-electron chi connectivity index (χ2n) is 3.51. The van der Waals surface area contributed by atoms with E-state index in [0.29, 0.717) is 10.6 Å². The minimum atomic E-state index is -0.311. The van der Waals surface area contributed by atoms with Gasteiger partial charge in [-0.2, -0.15) is 5.26 Å². The Morgan fingerprint density at radius 3 is 2.72 bits per heavy atom. The zero-order chi connectivity index (χ0) is 13.0. The highest BCUT2D eigenvalue weighted by atomic mass is 35.5. The number of carbonyl (C=O) groups is 1. The quantitative estimate of drug-likeness (QED) is 0.873. The molecule has 0 radical (unpaired) electrons. The summed E-state index contributed by atoms with van der Waals surface area (Å²) < 4.78 is 0. The number of rotatable bonds is 3.